The van der Waals surface area contributed by atoms with Crippen LogP contribution in [0.3, 0.4) is 0 Å². The van der Waals surface area contributed by atoms with E-state index in [2.05, 4.69) is 37.3 Å². The van der Waals surface area contributed by atoms with Crippen molar-refractivity contribution in [1.82, 2.24) is 0 Å². The van der Waals surface area contributed by atoms with Gasteiger partial charge in [-0.05, 0) is 11.5 Å². The summed E-state index contributed by atoms with van der Waals surface area (Å²) in [6.45, 7) is 2.21. The second-order valence-corrected chi connectivity index (χ2v) is 3.53. The number of hydrogen-bond acceptors (Lipinski definition) is 0. The van der Waals surface area contributed by atoms with E-state index >= 15 is 0 Å². The smallest absolute Gasteiger partial charge is 0 e. The summed E-state index contributed by atoms with van der Waals surface area (Å²) in [4.78, 5) is 0. The summed E-state index contributed by atoms with van der Waals surface area (Å²) in [6.07, 6.45) is 1.27. The maximum atomic E-state index is 2.21. The summed E-state index contributed by atoms with van der Waals surface area (Å²) >= 11 is 0. The molecule has 51 valence electrons. The Kier molecular flexibility index (Phi) is 6.95. The molecule has 1 radical (unpaired) electrons. The molecule has 1 aromatic carbocycles. The fourth-order valence-corrected chi connectivity index (χ4v) is 1.60. The molecule has 0 saturated carbocycles. The third kappa shape index (κ3) is 3.81. The van der Waals surface area contributed by atoms with Crippen molar-refractivity contribution in [2.75, 3.05) is 6.16 Å². The van der Waals surface area contributed by atoms with Gasteiger partial charge < -0.3 is 0 Å². The molecule has 0 saturated heterocycles. The predicted molar refractivity (Wildman–Crippen MR) is 44.9 cm³/mol. The first kappa shape index (κ1) is 10.8. The molecule has 0 aliphatic carbocycles. The minimum Gasteiger partial charge on any atom is -0.0907 e. The van der Waals surface area contributed by atoms with Crippen molar-refractivity contribution in [1.29, 1.82) is 0 Å². The zero-order valence-corrected chi connectivity index (χ0v) is 10.0. The van der Waals surface area contributed by atoms with Gasteiger partial charge in [0.2, 0.25) is 0 Å². The minimum atomic E-state index is 0. The molecule has 0 aliphatic heterocycles. The van der Waals surface area contributed by atoms with Crippen LogP contribution in [0.15, 0.2) is 30.3 Å². The quantitative estimate of drug-likeness (QED) is 0.678. The molecule has 0 nitrogen and oxygen atoms in total. The third-order valence-electron chi connectivity index (χ3n) is 1.15. The van der Waals surface area contributed by atoms with E-state index < -0.39 is 0 Å². The Bertz CT molecular complexity index is 162. The van der Waals surface area contributed by atoms with Gasteiger partial charge in [0.1, 0.15) is 0 Å². The summed E-state index contributed by atoms with van der Waals surface area (Å²) in [7, 11) is 0.987. The molecule has 0 fully saturated rings. The fourth-order valence-electron chi connectivity index (χ4n) is 0.760. The normalized spacial score (nSPS) is 9.70. The summed E-state index contributed by atoms with van der Waals surface area (Å²) in [5.74, 6) is 0. The Morgan fingerprint density at radius 2 is 1.80 bits per heavy atom. The molecule has 0 N–H and O–H groups in total. The van der Waals surface area contributed by atoms with E-state index in [0.717, 1.165) is 8.58 Å². The van der Waals surface area contributed by atoms with E-state index in [4.69, 9.17) is 0 Å². The SMILES string of the molecule is CCPc1ccccc1.[Y]. The van der Waals surface area contributed by atoms with E-state index in [9.17, 15) is 0 Å². The monoisotopic (exact) mass is 227 g/mol. The maximum absolute atomic E-state index is 2.21. The van der Waals surface area contributed by atoms with E-state index in [0.29, 0.717) is 0 Å². The maximum Gasteiger partial charge on any atom is 0 e. The van der Waals surface area contributed by atoms with Crippen molar-refractivity contribution >= 4 is 13.9 Å². The Hall–Kier alpha value is 0.754. The van der Waals surface area contributed by atoms with Gasteiger partial charge in [0.25, 0.3) is 0 Å². The van der Waals surface area contributed by atoms with Crippen LogP contribution in [0.25, 0.3) is 0 Å². The Balaban J connectivity index is 0.000000810. The molecule has 0 aliphatic rings. The molecule has 1 rings (SSSR count). The van der Waals surface area contributed by atoms with Crippen LogP contribution >= 0.6 is 8.58 Å². The van der Waals surface area contributed by atoms with E-state index in [1.165, 1.54) is 11.5 Å². The van der Waals surface area contributed by atoms with Crippen molar-refractivity contribution in [3.8, 4) is 0 Å². The first-order chi connectivity index (χ1) is 4.43. The molecule has 10 heavy (non-hydrogen) atoms. The largest absolute Gasteiger partial charge is 0.0907 e. The molecular formula is C8H11PY. The van der Waals surface area contributed by atoms with Gasteiger partial charge in [-0.2, -0.15) is 0 Å². The van der Waals surface area contributed by atoms with Crippen LogP contribution in [0.2, 0.25) is 0 Å². The van der Waals surface area contributed by atoms with Gasteiger partial charge in [0, 0.05) is 32.7 Å². The molecule has 1 aromatic rings. The topological polar surface area (TPSA) is 0 Å². The standard InChI is InChI=1S/C8H11P.Y/c1-2-9-8-6-4-3-5-7-8;/h3-7,9H,2H2,1H3;. The van der Waals surface area contributed by atoms with Crippen molar-refractivity contribution in [3.63, 3.8) is 0 Å². The average Bonchev–Trinajstić information content (AvgIpc) is 1.91. The molecule has 0 spiro atoms. The van der Waals surface area contributed by atoms with E-state index in [1.807, 2.05) is 0 Å². The summed E-state index contributed by atoms with van der Waals surface area (Å²) < 4.78 is 0. The van der Waals surface area contributed by atoms with Gasteiger partial charge in [-0.3, -0.25) is 0 Å². The second-order valence-electron chi connectivity index (χ2n) is 1.90. The van der Waals surface area contributed by atoms with Gasteiger partial charge in [-0.25, -0.2) is 0 Å². The van der Waals surface area contributed by atoms with Gasteiger partial charge in [-0.1, -0.05) is 45.8 Å². The molecular weight excluding hydrogens is 216 g/mol. The van der Waals surface area contributed by atoms with Crippen LogP contribution in [-0.2, 0) is 32.7 Å². The van der Waals surface area contributed by atoms with Crippen molar-refractivity contribution in [2.24, 2.45) is 0 Å². The first-order valence-electron chi connectivity index (χ1n) is 3.22. The summed E-state index contributed by atoms with van der Waals surface area (Å²) in [5.41, 5.74) is 0. The van der Waals surface area contributed by atoms with Gasteiger partial charge in [-0.15, -0.1) is 0 Å². The van der Waals surface area contributed by atoms with Gasteiger partial charge >= 0.3 is 0 Å². The first-order valence-corrected chi connectivity index (χ1v) is 4.43. The van der Waals surface area contributed by atoms with Crippen molar-refractivity contribution in [3.05, 3.63) is 30.3 Å². The number of rotatable bonds is 2. The molecule has 0 heterocycles. The molecule has 0 amide bonds. The Labute approximate surface area is 89.5 Å². The van der Waals surface area contributed by atoms with Crippen LogP contribution < -0.4 is 5.30 Å². The zero-order chi connectivity index (χ0) is 6.53. The zero-order valence-electron chi connectivity index (χ0n) is 6.17. The third-order valence-corrected chi connectivity index (χ3v) is 2.25. The van der Waals surface area contributed by atoms with Crippen molar-refractivity contribution < 1.29 is 32.7 Å². The summed E-state index contributed by atoms with van der Waals surface area (Å²) in [5, 5.41) is 1.47. The molecule has 2 heteroatoms. The molecule has 0 bridgehead atoms. The molecule has 0 aromatic heterocycles. The van der Waals surface area contributed by atoms with E-state index in [-0.39, 0.29) is 32.7 Å². The van der Waals surface area contributed by atoms with Crippen LogP contribution in [0, 0.1) is 0 Å². The average molecular weight is 227 g/mol. The minimum absolute atomic E-state index is 0. The van der Waals surface area contributed by atoms with Crippen molar-refractivity contribution in [2.45, 2.75) is 6.92 Å². The molecule has 1 unspecified atom stereocenters. The Morgan fingerprint density at radius 1 is 1.20 bits per heavy atom. The predicted octanol–water partition coefficient (Wildman–Crippen LogP) is 2.01. The van der Waals surface area contributed by atoms with E-state index in [1.54, 1.807) is 0 Å². The molecule has 1 atom stereocenters. The second kappa shape index (κ2) is 6.46. The fraction of sp³-hybridized carbons (Fsp3) is 0.250. The number of hydrogen-bond donors (Lipinski definition) is 0. The van der Waals surface area contributed by atoms with Gasteiger partial charge in [0.15, 0.2) is 0 Å². The van der Waals surface area contributed by atoms with Crippen LogP contribution in [0.1, 0.15) is 6.92 Å². The van der Waals surface area contributed by atoms with Crippen LogP contribution in [0.5, 0.6) is 0 Å². The number of benzene rings is 1. The van der Waals surface area contributed by atoms with Crippen LogP contribution in [0.4, 0.5) is 0 Å². The summed E-state index contributed by atoms with van der Waals surface area (Å²) in [6, 6.07) is 10.6. The van der Waals surface area contributed by atoms with Crippen LogP contribution in [-0.4, -0.2) is 6.16 Å². The Morgan fingerprint density at radius 3 is 2.30 bits per heavy atom. The van der Waals surface area contributed by atoms with Gasteiger partial charge in [0.05, 0.1) is 0 Å².